The summed E-state index contributed by atoms with van der Waals surface area (Å²) in [5.74, 6) is 0.575. The van der Waals surface area contributed by atoms with E-state index in [0.717, 1.165) is 27.0 Å². The monoisotopic (exact) mass is 384 g/mol. The lowest BCUT2D eigenvalue weighted by Crippen LogP contribution is -1.99. The number of pyridine rings is 1. The molecular weight excluding hydrogens is 375 g/mol. The summed E-state index contributed by atoms with van der Waals surface area (Å²) in [5, 5.41) is 0.486. The Morgan fingerprint density at radius 3 is 2.84 bits per heavy atom. The Labute approximate surface area is 129 Å². The molecule has 0 fully saturated rings. The molecule has 0 amide bonds. The number of imidazole rings is 1. The number of aromatic nitrogens is 4. The quantitative estimate of drug-likeness (QED) is 0.501. The lowest BCUT2D eigenvalue weighted by molar-refractivity contribution is 0.985. The fraction of sp³-hybridized carbons (Fsp3) is 0.154. The highest BCUT2D eigenvalue weighted by atomic mass is 127. The number of rotatable bonds is 2. The Morgan fingerprint density at radius 1 is 1.26 bits per heavy atom. The zero-order valence-electron chi connectivity index (χ0n) is 10.1. The van der Waals surface area contributed by atoms with Gasteiger partial charge in [-0.05, 0) is 41.1 Å². The van der Waals surface area contributed by atoms with Gasteiger partial charge in [-0.3, -0.25) is 0 Å². The van der Waals surface area contributed by atoms with Gasteiger partial charge in [0.1, 0.15) is 16.5 Å². The summed E-state index contributed by atoms with van der Waals surface area (Å²) < 4.78 is 2.85. The third-order valence-corrected chi connectivity index (χ3v) is 4.53. The molecule has 0 radical (unpaired) electrons. The van der Waals surface area contributed by atoms with Crippen LogP contribution in [0.15, 0.2) is 30.6 Å². The first-order chi connectivity index (χ1) is 9.19. The van der Waals surface area contributed by atoms with E-state index in [9.17, 15) is 0 Å². The Balaban J connectivity index is 2.18. The molecule has 0 aromatic carbocycles. The largest absolute Gasteiger partial charge is 0.306 e. The van der Waals surface area contributed by atoms with Crippen molar-refractivity contribution >= 4 is 39.8 Å². The molecule has 0 unspecified atom stereocenters. The van der Waals surface area contributed by atoms with Gasteiger partial charge in [0.2, 0.25) is 0 Å². The predicted molar refractivity (Wildman–Crippen MR) is 83.3 cm³/mol. The Morgan fingerprint density at radius 2 is 2.11 bits per heavy atom. The first-order valence-corrected chi connectivity index (χ1v) is 7.30. The van der Waals surface area contributed by atoms with E-state index in [2.05, 4.69) is 37.5 Å². The molecule has 0 N–H and O–H groups in total. The van der Waals surface area contributed by atoms with Crippen LogP contribution in [-0.2, 0) is 6.42 Å². The first-order valence-electron chi connectivity index (χ1n) is 5.85. The van der Waals surface area contributed by atoms with E-state index in [0.29, 0.717) is 11.0 Å². The number of hydrogen-bond acceptors (Lipinski definition) is 3. The molecule has 3 heterocycles. The fourth-order valence-electron chi connectivity index (χ4n) is 1.85. The van der Waals surface area contributed by atoms with Crippen LogP contribution in [0.4, 0.5) is 0 Å². The lowest BCUT2D eigenvalue weighted by Gasteiger charge is -2.04. The second kappa shape index (κ2) is 5.05. The first kappa shape index (κ1) is 12.8. The summed E-state index contributed by atoms with van der Waals surface area (Å²) in [6, 6.07) is 5.85. The van der Waals surface area contributed by atoms with Gasteiger partial charge in [-0.2, -0.15) is 0 Å². The minimum atomic E-state index is 0.486. The van der Waals surface area contributed by atoms with Gasteiger partial charge < -0.3 is 4.40 Å². The molecule has 0 spiro atoms. The standard InChI is InChI=1S/C13H10ClIN4/c1-2-8-11(15)12(14)18-13(17-8)9-7-19-6-4-3-5-10(19)16-9/h3-7H,2H2,1H3. The van der Waals surface area contributed by atoms with Crippen LogP contribution >= 0.6 is 34.2 Å². The minimum Gasteiger partial charge on any atom is -0.306 e. The summed E-state index contributed by atoms with van der Waals surface area (Å²) in [5.41, 5.74) is 2.56. The van der Waals surface area contributed by atoms with Crippen LogP contribution in [0.25, 0.3) is 17.2 Å². The Kier molecular flexibility index (Phi) is 3.40. The smallest absolute Gasteiger partial charge is 0.181 e. The number of halogens is 2. The number of fused-ring (bicyclic) bond motifs is 1. The van der Waals surface area contributed by atoms with E-state index in [1.54, 1.807) is 0 Å². The molecule has 0 aliphatic heterocycles. The van der Waals surface area contributed by atoms with Crippen LogP contribution in [0.5, 0.6) is 0 Å². The SMILES string of the molecule is CCc1nc(-c2cn3ccccc3n2)nc(Cl)c1I. The summed E-state index contributed by atoms with van der Waals surface area (Å²) in [6.45, 7) is 2.05. The zero-order valence-corrected chi connectivity index (χ0v) is 13.1. The maximum Gasteiger partial charge on any atom is 0.181 e. The molecule has 0 saturated carbocycles. The molecule has 3 aromatic heterocycles. The van der Waals surface area contributed by atoms with Gasteiger partial charge in [0, 0.05) is 12.4 Å². The van der Waals surface area contributed by atoms with Gasteiger partial charge >= 0.3 is 0 Å². The van der Waals surface area contributed by atoms with Crippen LogP contribution in [0.3, 0.4) is 0 Å². The molecule has 0 aliphatic rings. The highest BCUT2D eigenvalue weighted by molar-refractivity contribution is 14.1. The van der Waals surface area contributed by atoms with E-state index in [4.69, 9.17) is 11.6 Å². The maximum atomic E-state index is 6.15. The molecule has 3 aromatic rings. The lowest BCUT2D eigenvalue weighted by atomic mass is 10.3. The van der Waals surface area contributed by atoms with Crippen LogP contribution in [0.1, 0.15) is 12.6 Å². The van der Waals surface area contributed by atoms with E-state index in [-0.39, 0.29) is 0 Å². The molecule has 6 heteroatoms. The highest BCUT2D eigenvalue weighted by Gasteiger charge is 2.13. The molecule has 96 valence electrons. The highest BCUT2D eigenvalue weighted by Crippen LogP contribution is 2.24. The molecule has 3 rings (SSSR count). The van der Waals surface area contributed by atoms with Crippen molar-refractivity contribution in [3.63, 3.8) is 0 Å². The molecule has 0 atom stereocenters. The van der Waals surface area contributed by atoms with Crippen molar-refractivity contribution in [1.29, 1.82) is 0 Å². The van der Waals surface area contributed by atoms with Crippen molar-refractivity contribution in [1.82, 2.24) is 19.4 Å². The van der Waals surface area contributed by atoms with Gasteiger partial charge in [-0.15, -0.1) is 0 Å². The molecule has 19 heavy (non-hydrogen) atoms. The van der Waals surface area contributed by atoms with E-state index in [1.807, 2.05) is 41.9 Å². The van der Waals surface area contributed by atoms with Crippen molar-refractivity contribution in [3.8, 4) is 11.5 Å². The van der Waals surface area contributed by atoms with Crippen molar-refractivity contribution < 1.29 is 0 Å². The third kappa shape index (κ3) is 2.32. The Bertz CT molecular complexity index is 720. The van der Waals surface area contributed by atoms with Gasteiger partial charge in [-0.25, -0.2) is 15.0 Å². The molecular formula is C13H10ClIN4. The summed E-state index contributed by atoms with van der Waals surface area (Å²) in [6.07, 6.45) is 4.68. The normalized spacial score (nSPS) is 11.1. The van der Waals surface area contributed by atoms with Crippen molar-refractivity contribution in [2.24, 2.45) is 0 Å². The van der Waals surface area contributed by atoms with Crippen LogP contribution in [0.2, 0.25) is 5.15 Å². The number of hydrogen-bond donors (Lipinski definition) is 0. The van der Waals surface area contributed by atoms with Gasteiger partial charge in [0.15, 0.2) is 5.82 Å². The molecule has 4 nitrogen and oxygen atoms in total. The van der Waals surface area contributed by atoms with Crippen molar-refractivity contribution in [3.05, 3.63) is 45.0 Å². The van der Waals surface area contributed by atoms with E-state index in [1.165, 1.54) is 0 Å². The molecule has 0 saturated heterocycles. The second-order valence-corrected chi connectivity index (χ2v) is 5.48. The Hall–Kier alpha value is -1.21. The second-order valence-electron chi connectivity index (χ2n) is 4.04. The predicted octanol–water partition coefficient (Wildman–Crippen LogP) is 3.61. The van der Waals surface area contributed by atoms with Gasteiger partial charge in [-0.1, -0.05) is 24.6 Å². The minimum absolute atomic E-state index is 0.486. The van der Waals surface area contributed by atoms with Crippen LogP contribution in [-0.4, -0.2) is 19.4 Å². The summed E-state index contributed by atoms with van der Waals surface area (Å²) in [7, 11) is 0. The summed E-state index contributed by atoms with van der Waals surface area (Å²) in [4.78, 5) is 13.4. The third-order valence-electron chi connectivity index (χ3n) is 2.81. The zero-order chi connectivity index (χ0) is 13.4. The van der Waals surface area contributed by atoms with E-state index < -0.39 is 0 Å². The topological polar surface area (TPSA) is 43.1 Å². The summed E-state index contributed by atoms with van der Waals surface area (Å²) >= 11 is 8.33. The maximum absolute atomic E-state index is 6.15. The average Bonchev–Trinajstić information content (AvgIpc) is 2.85. The molecule has 0 bridgehead atoms. The number of aryl methyl sites for hydroxylation is 1. The van der Waals surface area contributed by atoms with Gasteiger partial charge in [0.25, 0.3) is 0 Å². The van der Waals surface area contributed by atoms with Gasteiger partial charge in [0.05, 0.1) is 9.26 Å². The van der Waals surface area contributed by atoms with Crippen molar-refractivity contribution in [2.75, 3.05) is 0 Å². The van der Waals surface area contributed by atoms with Crippen molar-refractivity contribution in [2.45, 2.75) is 13.3 Å². The average molecular weight is 385 g/mol. The van der Waals surface area contributed by atoms with E-state index >= 15 is 0 Å². The van der Waals surface area contributed by atoms with Crippen LogP contribution in [0, 0.1) is 3.57 Å². The molecule has 0 aliphatic carbocycles. The number of nitrogens with zero attached hydrogens (tertiary/aromatic N) is 4. The fourth-order valence-corrected chi connectivity index (χ4v) is 2.67. The van der Waals surface area contributed by atoms with Crippen LogP contribution < -0.4 is 0 Å².